The van der Waals surface area contributed by atoms with Gasteiger partial charge in [0.15, 0.2) is 0 Å². The van der Waals surface area contributed by atoms with Crippen molar-refractivity contribution < 1.29 is 4.79 Å². The first-order valence-corrected chi connectivity index (χ1v) is 8.00. The number of benzene rings is 1. The number of rotatable bonds is 4. The molecule has 0 aliphatic carbocycles. The van der Waals surface area contributed by atoms with E-state index in [1.54, 1.807) is 12.1 Å². The smallest absolute Gasteiger partial charge is 0.252 e. The quantitative estimate of drug-likeness (QED) is 0.760. The van der Waals surface area contributed by atoms with Crippen LogP contribution in [0.2, 0.25) is 4.34 Å². The first-order valence-electron chi connectivity index (χ1n) is 5.57. The first-order chi connectivity index (χ1) is 9.06. The van der Waals surface area contributed by atoms with Gasteiger partial charge in [-0.15, -0.1) is 24.0 Å². The number of halogens is 2. The van der Waals surface area contributed by atoms with E-state index in [2.05, 4.69) is 33.9 Å². The van der Waals surface area contributed by atoms with E-state index in [4.69, 9.17) is 11.6 Å². The third-order valence-corrected chi connectivity index (χ3v) is 4.64. The van der Waals surface area contributed by atoms with Gasteiger partial charge >= 0.3 is 0 Å². The molecule has 2 aromatic rings. The monoisotopic (exact) mass is 375 g/mol. The molecule has 0 bridgehead atoms. The van der Waals surface area contributed by atoms with Crippen LogP contribution in [0, 0.1) is 0 Å². The number of thiophene rings is 1. The highest BCUT2D eigenvalue weighted by molar-refractivity contribution is 9.10. The van der Waals surface area contributed by atoms with E-state index in [-0.39, 0.29) is 5.91 Å². The van der Waals surface area contributed by atoms with Gasteiger partial charge in [0.1, 0.15) is 0 Å². The molecule has 0 radical (unpaired) electrons. The van der Waals surface area contributed by atoms with Crippen LogP contribution in [0.15, 0.2) is 39.7 Å². The van der Waals surface area contributed by atoms with Gasteiger partial charge in [0.05, 0.1) is 9.90 Å². The summed E-state index contributed by atoms with van der Waals surface area (Å²) in [6, 6.07) is 9.22. The second-order valence-corrected chi connectivity index (χ2v) is 7.07. The summed E-state index contributed by atoms with van der Waals surface area (Å²) in [4.78, 5) is 13.8. The summed E-state index contributed by atoms with van der Waals surface area (Å²) in [5.41, 5.74) is 0.579. The molecular weight excluding hydrogens is 366 g/mol. The number of carbonyl (C=O) groups is 1. The van der Waals surface area contributed by atoms with Crippen LogP contribution in [0.3, 0.4) is 0 Å². The summed E-state index contributed by atoms with van der Waals surface area (Å²) in [5, 5.41) is 2.88. The maximum Gasteiger partial charge on any atom is 0.252 e. The van der Waals surface area contributed by atoms with Gasteiger partial charge in [-0.2, -0.15) is 0 Å². The molecule has 0 aliphatic rings. The van der Waals surface area contributed by atoms with Crippen molar-refractivity contribution in [3.05, 3.63) is 49.6 Å². The normalized spacial score (nSPS) is 10.5. The Hall–Kier alpha value is -0.490. The molecule has 0 unspecified atom stereocenters. The zero-order valence-electron chi connectivity index (χ0n) is 9.82. The van der Waals surface area contributed by atoms with Crippen molar-refractivity contribution in [3.63, 3.8) is 0 Å². The number of amides is 1. The standard InChI is InChI=1S/C13H11BrClNOS2/c14-8-1-3-10(11(18)7-8)13(17)16-6-5-9-2-4-12(15)19-9/h1-4,7,18H,5-6H2,(H,16,17). The van der Waals surface area contributed by atoms with Crippen LogP contribution in [0.5, 0.6) is 0 Å². The molecule has 19 heavy (non-hydrogen) atoms. The van der Waals surface area contributed by atoms with E-state index in [1.165, 1.54) is 11.3 Å². The second kappa shape index (κ2) is 6.79. The van der Waals surface area contributed by atoms with Crippen molar-refractivity contribution in [3.8, 4) is 0 Å². The van der Waals surface area contributed by atoms with Crippen molar-refractivity contribution in [2.45, 2.75) is 11.3 Å². The molecular formula is C13H11BrClNOS2. The fourth-order valence-corrected chi connectivity index (χ4v) is 3.52. The molecule has 0 saturated carbocycles. The Morgan fingerprint density at radius 3 is 2.79 bits per heavy atom. The molecule has 1 heterocycles. The van der Waals surface area contributed by atoms with Gasteiger partial charge in [-0.05, 0) is 36.8 Å². The number of hydrogen-bond donors (Lipinski definition) is 2. The maximum absolute atomic E-state index is 12.0. The lowest BCUT2D eigenvalue weighted by molar-refractivity contribution is 0.0951. The molecule has 1 N–H and O–H groups in total. The molecule has 2 rings (SSSR count). The molecule has 0 spiro atoms. The summed E-state index contributed by atoms with van der Waals surface area (Å²) in [7, 11) is 0. The van der Waals surface area contributed by atoms with Gasteiger partial charge < -0.3 is 5.32 Å². The molecule has 1 aromatic heterocycles. The summed E-state index contributed by atoms with van der Waals surface area (Å²) in [6.07, 6.45) is 0.779. The van der Waals surface area contributed by atoms with Gasteiger partial charge in [0, 0.05) is 20.8 Å². The van der Waals surface area contributed by atoms with Crippen molar-refractivity contribution in [1.29, 1.82) is 0 Å². The summed E-state index contributed by atoms with van der Waals surface area (Å²) in [6.45, 7) is 0.582. The van der Waals surface area contributed by atoms with Gasteiger partial charge in [-0.25, -0.2) is 0 Å². The average Bonchev–Trinajstić information content (AvgIpc) is 2.75. The van der Waals surface area contributed by atoms with Crippen molar-refractivity contribution in [2.24, 2.45) is 0 Å². The van der Waals surface area contributed by atoms with Crippen LogP contribution in [0.4, 0.5) is 0 Å². The minimum absolute atomic E-state index is 0.111. The molecule has 100 valence electrons. The lowest BCUT2D eigenvalue weighted by Crippen LogP contribution is -2.25. The predicted octanol–water partition coefficient (Wildman–Crippen LogP) is 4.43. The van der Waals surface area contributed by atoms with Crippen LogP contribution in [-0.2, 0) is 6.42 Å². The third kappa shape index (κ3) is 4.24. The van der Waals surface area contributed by atoms with E-state index >= 15 is 0 Å². The highest BCUT2D eigenvalue weighted by atomic mass is 79.9. The van der Waals surface area contributed by atoms with Gasteiger partial charge in [0.25, 0.3) is 5.91 Å². The molecule has 1 amide bonds. The van der Waals surface area contributed by atoms with E-state index < -0.39 is 0 Å². The molecule has 0 atom stereocenters. The molecule has 0 fully saturated rings. The van der Waals surface area contributed by atoms with E-state index in [0.29, 0.717) is 17.0 Å². The molecule has 0 saturated heterocycles. The second-order valence-electron chi connectivity index (χ2n) is 3.87. The Balaban J connectivity index is 1.90. The van der Waals surface area contributed by atoms with Crippen molar-refractivity contribution >= 4 is 57.4 Å². The third-order valence-electron chi connectivity index (χ3n) is 2.49. The minimum Gasteiger partial charge on any atom is -0.352 e. The van der Waals surface area contributed by atoms with Gasteiger partial charge in [0.2, 0.25) is 0 Å². The molecule has 0 aliphatic heterocycles. The molecule has 6 heteroatoms. The highest BCUT2D eigenvalue weighted by Gasteiger charge is 2.09. The van der Waals surface area contributed by atoms with Crippen LogP contribution < -0.4 is 5.32 Å². The SMILES string of the molecule is O=C(NCCc1ccc(Cl)s1)c1ccc(Br)cc1S. The van der Waals surface area contributed by atoms with Crippen molar-refractivity contribution in [1.82, 2.24) is 5.32 Å². The van der Waals surface area contributed by atoms with E-state index in [1.807, 2.05) is 18.2 Å². The maximum atomic E-state index is 12.0. The average molecular weight is 377 g/mol. The number of hydrogen-bond acceptors (Lipinski definition) is 3. The van der Waals surface area contributed by atoms with E-state index in [9.17, 15) is 4.79 Å². The highest BCUT2D eigenvalue weighted by Crippen LogP contribution is 2.22. The zero-order valence-corrected chi connectivity index (χ0v) is 13.9. The van der Waals surface area contributed by atoms with Gasteiger partial charge in [-0.3, -0.25) is 4.79 Å². The number of carbonyl (C=O) groups excluding carboxylic acids is 1. The van der Waals surface area contributed by atoms with Gasteiger partial charge in [-0.1, -0.05) is 27.5 Å². The predicted molar refractivity (Wildman–Crippen MR) is 86.8 cm³/mol. The summed E-state index contributed by atoms with van der Waals surface area (Å²) in [5.74, 6) is -0.111. The summed E-state index contributed by atoms with van der Waals surface area (Å²) >= 11 is 15.0. The fourth-order valence-electron chi connectivity index (χ4n) is 1.58. The lowest BCUT2D eigenvalue weighted by atomic mass is 10.2. The van der Waals surface area contributed by atoms with Crippen molar-refractivity contribution in [2.75, 3.05) is 6.54 Å². The van der Waals surface area contributed by atoms with E-state index in [0.717, 1.165) is 20.1 Å². The lowest BCUT2D eigenvalue weighted by Gasteiger charge is -2.07. The largest absolute Gasteiger partial charge is 0.352 e. The fraction of sp³-hybridized carbons (Fsp3) is 0.154. The summed E-state index contributed by atoms with van der Waals surface area (Å²) < 4.78 is 1.68. The Bertz CT molecular complexity index is 600. The Labute approximate surface area is 134 Å². The Kier molecular flexibility index (Phi) is 5.33. The van der Waals surface area contributed by atoms with Crippen LogP contribution >= 0.6 is 51.5 Å². The number of nitrogens with one attached hydrogen (secondary N) is 1. The first kappa shape index (κ1) is 14.9. The molecule has 1 aromatic carbocycles. The van der Waals surface area contributed by atoms with Crippen LogP contribution in [0.1, 0.15) is 15.2 Å². The minimum atomic E-state index is -0.111. The topological polar surface area (TPSA) is 29.1 Å². The zero-order chi connectivity index (χ0) is 13.8. The number of thiol groups is 1. The van der Waals surface area contributed by atoms with Crippen LogP contribution in [0.25, 0.3) is 0 Å². The van der Waals surface area contributed by atoms with Crippen LogP contribution in [-0.4, -0.2) is 12.5 Å². The molecule has 2 nitrogen and oxygen atoms in total. The Morgan fingerprint density at radius 1 is 1.37 bits per heavy atom. The Morgan fingerprint density at radius 2 is 2.16 bits per heavy atom.